The minimum Gasteiger partial charge on any atom is -0.326 e. The van der Waals surface area contributed by atoms with Crippen LogP contribution in [-0.2, 0) is 11.2 Å². The number of anilines is 1. The van der Waals surface area contributed by atoms with Crippen molar-refractivity contribution in [3.63, 3.8) is 0 Å². The third-order valence-electron chi connectivity index (χ3n) is 3.84. The highest BCUT2D eigenvalue weighted by Gasteiger charge is 2.09. The average Bonchev–Trinajstić information content (AvgIpc) is 3.10. The normalized spacial score (nSPS) is 10.7. The van der Waals surface area contributed by atoms with Gasteiger partial charge < -0.3 is 5.32 Å². The fourth-order valence-corrected chi connectivity index (χ4v) is 3.46. The molecule has 4 aromatic rings. The maximum Gasteiger partial charge on any atom is 0.230 e. The quantitative estimate of drug-likeness (QED) is 0.591. The molecule has 0 aliphatic carbocycles. The van der Waals surface area contributed by atoms with Gasteiger partial charge in [0.1, 0.15) is 5.01 Å². The lowest BCUT2D eigenvalue weighted by molar-refractivity contribution is -0.115. The Bertz CT molecular complexity index is 1030. The Labute approximate surface area is 149 Å². The molecule has 0 bridgehead atoms. The molecule has 1 N–H and O–H groups in total. The molecule has 0 atom stereocenters. The van der Waals surface area contributed by atoms with Crippen LogP contribution in [0.2, 0.25) is 0 Å². The van der Waals surface area contributed by atoms with Gasteiger partial charge in [-0.3, -0.25) is 9.78 Å². The Morgan fingerprint density at radius 1 is 1.04 bits per heavy atom. The average molecular weight is 345 g/mol. The highest BCUT2D eigenvalue weighted by atomic mass is 32.1. The molecule has 2 aromatic carbocycles. The van der Waals surface area contributed by atoms with Gasteiger partial charge in [-0.15, -0.1) is 11.3 Å². The van der Waals surface area contributed by atoms with E-state index in [4.69, 9.17) is 0 Å². The summed E-state index contributed by atoms with van der Waals surface area (Å²) in [5, 5.41) is 8.00. The number of fused-ring (bicyclic) bond motifs is 1. The molecular formula is C20H15N3OS. The number of thiazole rings is 1. The van der Waals surface area contributed by atoms with Crippen molar-refractivity contribution in [2.45, 2.75) is 6.42 Å². The van der Waals surface area contributed by atoms with E-state index in [0.717, 1.165) is 32.7 Å². The molecule has 0 radical (unpaired) electrons. The zero-order valence-corrected chi connectivity index (χ0v) is 14.2. The number of nitrogens with one attached hydrogen (secondary N) is 1. The smallest absolute Gasteiger partial charge is 0.230 e. The number of amides is 1. The number of aromatic nitrogens is 2. The Balaban J connectivity index is 1.46. The van der Waals surface area contributed by atoms with Crippen molar-refractivity contribution < 1.29 is 4.79 Å². The summed E-state index contributed by atoms with van der Waals surface area (Å²) < 4.78 is 0. The zero-order valence-electron chi connectivity index (χ0n) is 13.3. The number of nitrogens with zero attached hydrogens (tertiary/aromatic N) is 2. The first-order valence-corrected chi connectivity index (χ1v) is 8.79. The molecule has 2 heterocycles. The van der Waals surface area contributed by atoms with Gasteiger partial charge in [0, 0.05) is 29.0 Å². The van der Waals surface area contributed by atoms with Crippen LogP contribution in [0, 0.1) is 0 Å². The van der Waals surface area contributed by atoms with Crippen molar-refractivity contribution in [2.75, 3.05) is 5.32 Å². The third-order valence-corrected chi connectivity index (χ3v) is 4.78. The molecule has 1 amide bonds. The summed E-state index contributed by atoms with van der Waals surface area (Å²) in [5.41, 5.74) is 2.53. The molecule has 25 heavy (non-hydrogen) atoms. The van der Waals surface area contributed by atoms with Crippen LogP contribution < -0.4 is 5.32 Å². The van der Waals surface area contributed by atoms with Crippen LogP contribution in [0.5, 0.6) is 0 Å². The number of rotatable bonds is 4. The Kier molecular flexibility index (Phi) is 4.23. The van der Waals surface area contributed by atoms with Crippen molar-refractivity contribution in [3.8, 4) is 10.6 Å². The van der Waals surface area contributed by atoms with Crippen LogP contribution in [0.15, 0.2) is 72.4 Å². The Hall–Kier alpha value is -3.05. The lowest BCUT2D eigenvalue weighted by Crippen LogP contribution is -2.14. The maximum absolute atomic E-state index is 12.3. The molecule has 122 valence electrons. The summed E-state index contributed by atoms with van der Waals surface area (Å²) in [5.74, 6) is -0.0710. The molecule has 5 heteroatoms. The molecule has 0 unspecified atom stereocenters. The lowest BCUT2D eigenvalue weighted by atomic mass is 10.1. The van der Waals surface area contributed by atoms with Gasteiger partial charge >= 0.3 is 0 Å². The molecule has 4 nitrogen and oxygen atoms in total. The molecule has 0 saturated carbocycles. The Morgan fingerprint density at radius 2 is 1.92 bits per heavy atom. The van der Waals surface area contributed by atoms with Crippen LogP contribution in [0.1, 0.15) is 5.69 Å². The highest BCUT2D eigenvalue weighted by Crippen LogP contribution is 2.23. The summed E-state index contributed by atoms with van der Waals surface area (Å²) in [6.45, 7) is 0. The number of hydrogen-bond donors (Lipinski definition) is 1. The van der Waals surface area contributed by atoms with Gasteiger partial charge in [-0.25, -0.2) is 4.98 Å². The first-order chi connectivity index (χ1) is 12.3. The van der Waals surface area contributed by atoms with E-state index in [2.05, 4.69) is 21.4 Å². The van der Waals surface area contributed by atoms with Crippen molar-refractivity contribution >= 4 is 33.7 Å². The summed E-state index contributed by atoms with van der Waals surface area (Å²) in [7, 11) is 0. The van der Waals surface area contributed by atoms with Crippen molar-refractivity contribution in [3.05, 3.63) is 78.1 Å². The third kappa shape index (κ3) is 3.56. The second-order valence-corrected chi connectivity index (χ2v) is 6.53. The van der Waals surface area contributed by atoms with Crippen LogP contribution in [0.4, 0.5) is 5.69 Å². The molecule has 0 saturated heterocycles. The van der Waals surface area contributed by atoms with Gasteiger partial charge in [0.2, 0.25) is 5.91 Å². The van der Waals surface area contributed by atoms with Gasteiger partial charge in [-0.2, -0.15) is 0 Å². The van der Waals surface area contributed by atoms with E-state index >= 15 is 0 Å². The number of pyridine rings is 1. The van der Waals surface area contributed by atoms with Crippen molar-refractivity contribution in [2.24, 2.45) is 0 Å². The molecular weight excluding hydrogens is 330 g/mol. The van der Waals surface area contributed by atoms with E-state index in [9.17, 15) is 4.79 Å². The summed E-state index contributed by atoms with van der Waals surface area (Å²) in [6.07, 6.45) is 3.76. The molecule has 2 aromatic heterocycles. The molecule has 4 rings (SSSR count). The SMILES string of the molecule is O=C(Cc1csc(-c2cccnc2)n1)Nc1ccc2ccccc2c1. The number of carbonyl (C=O) groups is 1. The minimum absolute atomic E-state index is 0.0710. The van der Waals surface area contributed by atoms with E-state index < -0.39 is 0 Å². The molecule has 0 fully saturated rings. The predicted molar refractivity (Wildman–Crippen MR) is 102 cm³/mol. The summed E-state index contributed by atoms with van der Waals surface area (Å²) >= 11 is 1.52. The fraction of sp³-hybridized carbons (Fsp3) is 0.0500. The largest absolute Gasteiger partial charge is 0.326 e. The Morgan fingerprint density at radius 3 is 2.76 bits per heavy atom. The van der Waals surface area contributed by atoms with Crippen LogP contribution >= 0.6 is 11.3 Å². The molecule has 0 aliphatic heterocycles. The van der Waals surface area contributed by atoms with Crippen molar-refractivity contribution in [1.82, 2.24) is 9.97 Å². The van der Waals surface area contributed by atoms with Gasteiger partial charge in [0.25, 0.3) is 0 Å². The summed E-state index contributed by atoms with van der Waals surface area (Å²) in [4.78, 5) is 20.9. The number of benzene rings is 2. The fourth-order valence-electron chi connectivity index (χ4n) is 2.65. The highest BCUT2D eigenvalue weighted by molar-refractivity contribution is 7.13. The van der Waals surface area contributed by atoms with Gasteiger partial charge in [0.15, 0.2) is 0 Å². The molecule has 0 spiro atoms. The first-order valence-electron chi connectivity index (χ1n) is 7.91. The monoisotopic (exact) mass is 345 g/mol. The minimum atomic E-state index is -0.0710. The maximum atomic E-state index is 12.3. The number of hydrogen-bond acceptors (Lipinski definition) is 4. The summed E-state index contributed by atoms with van der Waals surface area (Å²) in [6, 6.07) is 17.8. The van der Waals surface area contributed by atoms with Crippen LogP contribution in [-0.4, -0.2) is 15.9 Å². The van der Waals surface area contributed by atoms with Gasteiger partial charge in [-0.05, 0) is 35.0 Å². The number of carbonyl (C=O) groups excluding carboxylic acids is 1. The van der Waals surface area contributed by atoms with E-state index in [1.807, 2.05) is 53.9 Å². The van der Waals surface area contributed by atoms with Crippen LogP contribution in [0.25, 0.3) is 21.3 Å². The van der Waals surface area contributed by atoms with E-state index in [0.29, 0.717) is 0 Å². The van der Waals surface area contributed by atoms with Gasteiger partial charge in [-0.1, -0.05) is 30.3 Å². The standard InChI is InChI=1S/C20H15N3OS/c24-19(22-17-8-7-14-4-1-2-5-15(14)10-17)11-18-13-25-20(23-18)16-6-3-9-21-12-16/h1-10,12-13H,11H2,(H,22,24). The van der Waals surface area contributed by atoms with E-state index in [1.54, 1.807) is 12.4 Å². The predicted octanol–water partition coefficient (Wildman–Crippen LogP) is 4.54. The van der Waals surface area contributed by atoms with Crippen LogP contribution in [0.3, 0.4) is 0 Å². The lowest BCUT2D eigenvalue weighted by Gasteiger charge is -2.05. The van der Waals surface area contributed by atoms with Gasteiger partial charge in [0.05, 0.1) is 12.1 Å². The van der Waals surface area contributed by atoms with Crippen molar-refractivity contribution in [1.29, 1.82) is 0 Å². The van der Waals surface area contributed by atoms with E-state index in [1.165, 1.54) is 11.3 Å². The first kappa shape index (κ1) is 15.5. The molecule has 0 aliphatic rings. The second-order valence-electron chi connectivity index (χ2n) is 5.67. The van der Waals surface area contributed by atoms with E-state index in [-0.39, 0.29) is 12.3 Å². The topological polar surface area (TPSA) is 54.9 Å². The zero-order chi connectivity index (χ0) is 17.1. The second kappa shape index (κ2) is 6.83.